The van der Waals surface area contributed by atoms with Gasteiger partial charge in [-0.3, -0.25) is 4.57 Å². The molecule has 1 saturated carbocycles. The molecule has 1 aliphatic carbocycles. The highest BCUT2D eigenvalue weighted by atomic mass is 32.2. The molecule has 1 saturated heterocycles. The van der Waals surface area contributed by atoms with Crippen LogP contribution in [0.4, 0.5) is 0 Å². The predicted molar refractivity (Wildman–Crippen MR) is 91.1 cm³/mol. The summed E-state index contributed by atoms with van der Waals surface area (Å²) in [6.07, 6.45) is 5.79. The van der Waals surface area contributed by atoms with Crippen LogP contribution in [0.5, 0.6) is 0 Å². The van der Waals surface area contributed by atoms with E-state index in [9.17, 15) is 13.2 Å². The molecule has 0 atom stereocenters. The zero-order valence-electron chi connectivity index (χ0n) is 14.7. The van der Waals surface area contributed by atoms with Crippen molar-refractivity contribution in [1.82, 2.24) is 23.0 Å². The molecule has 1 aliphatic heterocycles. The molecule has 9 heteroatoms. The largest absolute Gasteiger partial charge is 0.345 e. The lowest BCUT2D eigenvalue weighted by atomic mass is 9.97. The molecule has 1 aromatic heterocycles. The van der Waals surface area contributed by atoms with E-state index in [2.05, 4.69) is 5.10 Å². The fourth-order valence-electron chi connectivity index (χ4n) is 3.86. The van der Waals surface area contributed by atoms with E-state index in [1.165, 1.54) is 13.3 Å². The molecule has 0 unspecified atom stereocenters. The number of aromatic nitrogens is 3. The van der Waals surface area contributed by atoms with Crippen molar-refractivity contribution in [2.45, 2.75) is 50.5 Å². The van der Waals surface area contributed by atoms with Crippen LogP contribution in [0.2, 0.25) is 0 Å². The first-order chi connectivity index (χ1) is 11.3. The van der Waals surface area contributed by atoms with Crippen molar-refractivity contribution in [3.63, 3.8) is 0 Å². The Morgan fingerprint density at radius 2 is 1.67 bits per heavy atom. The predicted octanol–water partition coefficient (Wildman–Crippen LogP) is 0.683. The number of hydrogen-bond acceptors (Lipinski definition) is 4. The maximum atomic E-state index is 12.5. The van der Waals surface area contributed by atoms with Gasteiger partial charge in [-0.05, 0) is 25.7 Å². The van der Waals surface area contributed by atoms with Gasteiger partial charge in [-0.15, -0.1) is 0 Å². The fourth-order valence-corrected chi connectivity index (χ4v) is 4.99. The van der Waals surface area contributed by atoms with Crippen molar-refractivity contribution in [2.75, 3.05) is 27.2 Å². The quantitative estimate of drug-likeness (QED) is 0.794. The molecular formula is C15H27N5O3S. The van der Waals surface area contributed by atoms with Crippen molar-refractivity contribution in [3.8, 4) is 0 Å². The highest BCUT2D eigenvalue weighted by Gasteiger charge is 2.34. The van der Waals surface area contributed by atoms with Gasteiger partial charge < -0.3 is 0 Å². The average Bonchev–Trinajstić information content (AvgIpc) is 3.16. The molecule has 0 amide bonds. The maximum Gasteiger partial charge on any atom is 0.345 e. The minimum atomic E-state index is -3.36. The third kappa shape index (κ3) is 3.04. The van der Waals surface area contributed by atoms with Crippen LogP contribution in [-0.2, 0) is 17.3 Å². The van der Waals surface area contributed by atoms with Gasteiger partial charge in [0.25, 0.3) is 10.2 Å². The Hall–Kier alpha value is -1.19. The van der Waals surface area contributed by atoms with Gasteiger partial charge in [0.2, 0.25) is 0 Å². The lowest BCUT2D eigenvalue weighted by molar-refractivity contribution is 0.290. The van der Waals surface area contributed by atoms with Crippen LogP contribution in [0, 0.1) is 0 Å². The van der Waals surface area contributed by atoms with Crippen molar-refractivity contribution in [1.29, 1.82) is 0 Å². The summed E-state index contributed by atoms with van der Waals surface area (Å²) in [7, 11) is 1.44. The lowest BCUT2D eigenvalue weighted by Gasteiger charge is -2.32. The van der Waals surface area contributed by atoms with Crippen molar-refractivity contribution in [2.24, 2.45) is 7.05 Å². The third-order valence-electron chi connectivity index (χ3n) is 5.28. The van der Waals surface area contributed by atoms with E-state index in [1.54, 1.807) is 21.1 Å². The van der Waals surface area contributed by atoms with Crippen LogP contribution in [0.25, 0.3) is 0 Å². The second-order valence-electron chi connectivity index (χ2n) is 7.04. The molecule has 2 aliphatic rings. The van der Waals surface area contributed by atoms with Gasteiger partial charge in [0.1, 0.15) is 5.82 Å². The third-order valence-corrected chi connectivity index (χ3v) is 7.22. The smallest absolute Gasteiger partial charge is 0.276 e. The van der Waals surface area contributed by atoms with Gasteiger partial charge in [-0.1, -0.05) is 12.8 Å². The second-order valence-corrected chi connectivity index (χ2v) is 9.18. The monoisotopic (exact) mass is 357 g/mol. The molecule has 0 spiro atoms. The van der Waals surface area contributed by atoms with Crippen LogP contribution >= 0.6 is 0 Å². The zero-order valence-corrected chi connectivity index (χ0v) is 15.5. The molecule has 0 N–H and O–H groups in total. The summed E-state index contributed by atoms with van der Waals surface area (Å²) in [4.78, 5) is 12.5. The lowest BCUT2D eigenvalue weighted by Crippen LogP contribution is -2.44. The van der Waals surface area contributed by atoms with Gasteiger partial charge in [0, 0.05) is 46.2 Å². The van der Waals surface area contributed by atoms with E-state index in [0.717, 1.165) is 31.5 Å². The normalized spacial score (nSPS) is 21.8. The Bertz CT molecular complexity index is 738. The highest BCUT2D eigenvalue weighted by Crippen LogP contribution is 2.34. The number of piperidine rings is 1. The van der Waals surface area contributed by atoms with Crippen molar-refractivity contribution in [3.05, 3.63) is 16.3 Å². The first-order valence-electron chi connectivity index (χ1n) is 8.65. The maximum absolute atomic E-state index is 12.5. The molecule has 1 aromatic rings. The van der Waals surface area contributed by atoms with Gasteiger partial charge in [0.05, 0.1) is 0 Å². The molecule has 0 aromatic carbocycles. The zero-order chi connectivity index (χ0) is 17.5. The Morgan fingerprint density at radius 1 is 1.08 bits per heavy atom. The van der Waals surface area contributed by atoms with Crippen LogP contribution in [0.1, 0.15) is 56.3 Å². The van der Waals surface area contributed by atoms with Gasteiger partial charge >= 0.3 is 5.69 Å². The molecule has 24 heavy (non-hydrogen) atoms. The molecule has 0 bridgehead atoms. The standard InChI is InChI=1S/C15H27N5O3S/c1-17(2)24(22,23)19-10-8-12(9-11-19)14-16-18(3)15(21)20(14)13-6-4-5-7-13/h12-13H,4-11H2,1-3H3. The topological polar surface area (TPSA) is 80.4 Å². The average molecular weight is 357 g/mol. The van der Waals surface area contributed by atoms with Gasteiger partial charge in [-0.25, -0.2) is 9.48 Å². The molecule has 3 rings (SSSR count). The Morgan fingerprint density at radius 3 is 2.21 bits per heavy atom. The molecular weight excluding hydrogens is 330 g/mol. The van der Waals surface area contributed by atoms with E-state index in [4.69, 9.17) is 0 Å². The van der Waals surface area contributed by atoms with Gasteiger partial charge in [0.15, 0.2) is 0 Å². The molecule has 2 heterocycles. The molecule has 0 radical (unpaired) electrons. The Labute approximate surface area is 143 Å². The van der Waals surface area contributed by atoms with E-state index < -0.39 is 10.2 Å². The van der Waals surface area contributed by atoms with Crippen molar-refractivity contribution >= 4 is 10.2 Å². The highest BCUT2D eigenvalue weighted by molar-refractivity contribution is 7.86. The first kappa shape index (κ1) is 17.6. The summed E-state index contributed by atoms with van der Waals surface area (Å²) in [5.41, 5.74) is -0.0414. The first-order valence-corrected chi connectivity index (χ1v) is 10.0. The number of rotatable bonds is 4. The van der Waals surface area contributed by atoms with E-state index in [-0.39, 0.29) is 17.6 Å². The molecule has 2 fully saturated rings. The van der Waals surface area contributed by atoms with Crippen LogP contribution in [-0.4, -0.2) is 58.6 Å². The summed E-state index contributed by atoms with van der Waals surface area (Å²) in [5.74, 6) is 0.990. The molecule has 136 valence electrons. The minimum absolute atomic E-state index is 0.0414. The summed E-state index contributed by atoms with van der Waals surface area (Å²) in [6.45, 7) is 0.946. The van der Waals surface area contributed by atoms with E-state index >= 15 is 0 Å². The van der Waals surface area contributed by atoms with Crippen LogP contribution < -0.4 is 5.69 Å². The number of nitrogens with zero attached hydrogens (tertiary/aromatic N) is 5. The summed E-state index contributed by atoms with van der Waals surface area (Å²) in [5, 5.41) is 4.49. The van der Waals surface area contributed by atoms with Crippen LogP contribution in [0.15, 0.2) is 4.79 Å². The Balaban J connectivity index is 1.80. The number of hydrogen-bond donors (Lipinski definition) is 0. The van der Waals surface area contributed by atoms with E-state index in [1.807, 2.05) is 4.57 Å². The summed E-state index contributed by atoms with van der Waals surface area (Å²) >= 11 is 0. The summed E-state index contributed by atoms with van der Waals surface area (Å²) < 4.78 is 30.6. The van der Waals surface area contributed by atoms with E-state index in [0.29, 0.717) is 25.9 Å². The molecule has 8 nitrogen and oxygen atoms in total. The second kappa shape index (κ2) is 6.61. The summed E-state index contributed by atoms with van der Waals surface area (Å²) in [6, 6.07) is 0.254. The van der Waals surface area contributed by atoms with Crippen LogP contribution in [0.3, 0.4) is 0 Å². The van der Waals surface area contributed by atoms with Gasteiger partial charge in [-0.2, -0.15) is 22.1 Å². The number of aryl methyl sites for hydroxylation is 1. The Kier molecular flexibility index (Phi) is 4.85. The van der Waals surface area contributed by atoms with Crippen molar-refractivity contribution < 1.29 is 8.42 Å². The minimum Gasteiger partial charge on any atom is -0.276 e. The SMILES string of the molecule is CN(C)S(=O)(=O)N1CCC(c2nn(C)c(=O)n2C2CCCC2)CC1. The fraction of sp³-hybridized carbons (Fsp3) is 0.867.